The Bertz CT molecular complexity index is 465. The fourth-order valence-electron chi connectivity index (χ4n) is 1.16. The van der Waals surface area contributed by atoms with Gasteiger partial charge in [0.2, 0.25) is 0 Å². The fraction of sp³-hybridized carbons (Fsp3) is 0.100. The largest absolute Gasteiger partial charge is 0.423 e. The van der Waals surface area contributed by atoms with Crippen LogP contribution in [0.2, 0.25) is 0 Å². The van der Waals surface area contributed by atoms with E-state index in [2.05, 4.69) is 10.1 Å². The Labute approximate surface area is 86.3 Å². The Morgan fingerprint density at radius 1 is 1.47 bits per heavy atom. The van der Waals surface area contributed by atoms with Crippen LogP contribution in [0.5, 0.6) is 5.75 Å². The molecule has 76 valence electrons. The van der Waals surface area contributed by atoms with E-state index in [1.807, 2.05) is 12.1 Å². The average molecular weight is 203 g/mol. The van der Waals surface area contributed by atoms with E-state index in [9.17, 15) is 4.79 Å². The van der Waals surface area contributed by atoms with Crippen molar-refractivity contribution in [3.05, 3.63) is 36.9 Å². The second kappa shape index (κ2) is 3.91. The van der Waals surface area contributed by atoms with Crippen molar-refractivity contribution >= 4 is 5.97 Å². The van der Waals surface area contributed by atoms with E-state index in [0.717, 1.165) is 5.69 Å². The third kappa shape index (κ3) is 2.19. The van der Waals surface area contributed by atoms with Crippen molar-refractivity contribution in [2.45, 2.75) is 6.92 Å². The molecular weight excluding hydrogens is 194 g/mol. The first-order valence-corrected chi connectivity index (χ1v) is 4.39. The monoisotopic (exact) mass is 203 g/mol. The second-order valence-electron chi connectivity index (χ2n) is 2.93. The summed E-state index contributed by atoms with van der Waals surface area (Å²) in [5.74, 6) is 0.0621. The van der Waals surface area contributed by atoms with Gasteiger partial charge in [-0.05, 0) is 12.1 Å². The molecule has 0 aromatic carbocycles. The summed E-state index contributed by atoms with van der Waals surface area (Å²) >= 11 is 0. The molecule has 2 rings (SSSR count). The van der Waals surface area contributed by atoms with Gasteiger partial charge in [0.25, 0.3) is 0 Å². The van der Waals surface area contributed by atoms with E-state index in [0.29, 0.717) is 5.75 Å². The van der Waals surface area contributed by atoms with E-state index >= 15 is 0 Å². The number of carbonyl (C=O) groups excluding carboxylic acids is 1. The molecule has 0 radical (unpaired) electrons. The molecule has 0 unspecified atom stereocenters. The second-order valence-corrected chi connectivity index (χ2v) is 2.93. The average Bonchev–Trinajstić information content (AvgIpc) is 2.67. The number of nitrogens with zero attached hydrogens (tertiary/aromatic N) is 3. The van der Waals surface area contributed by atoms with Crippen molar-refractivity contribution < 1.29 is 9.53 Å². The number of hydrogen-bond donors (Lipinski definition) is 0. The van der Waals surface area contributed by atoms with Gasteiger partial charge in [-0.3, -0.25) is 9.78 Å². The third-order valence-electron chi connectivity index (χ3n) is 1.73. The normalized spacial score (nSPS) is 9.93. The van der Waals surface area contributed by atoms with Gasteiger partial charge in [-0.2, -0.15) is 5.10 Å². The molecule has 0 saturated carbocycles. The maximum atomic E-state index is 10.7. The molecule has 0 bridgehead atoms. The van der Waals surface area contributed by atoms with E-state index in [1.165, 1.54) is 13.1 Å². The summed E-state index contributed by atoms with van der Waals surface area (Å²) in [6, 6.07) is 3.67. The van der Waals surface area contributed by atoms with E-state index in [4.69, 9.17) is 4.74 Å². The zero-order chi connectivity index (χ0) is 10.7. The van der Waals surface area contributed by atoms with Crippen molar-refractivity contribution in [1.82, 2.24) is 14.8 Å². The molecular formula is C10H9N3O2. The minimum atomic E-state index is -0.360. The van der Waals surface area contributed by atoms with Crippen molar-refractivity contribution in [3.63, 3.8) is 0 Å². The Kier molecular flexibility index (Phi) is 2.45. The number of ether oxygens (including phenoxy) is 1. The molecule has 15 heavy (non-hydrogen) atoms. The standard InChI is InChI=1S/C10H9N3O2/c1-8(14)15-10-6-12-13(7-10)9-3-2-4-11-5-9/h2-7H,1H3. The number of hydrogen-bond acceptors (Lipinski definition) is 4. The molecule has 0 spiro atoms. The first kappa shape index (κ1) is 9.39. The Balaban J connectivity index is 2.24. The first-order chi connectivity index (χ1) is 7.25. The van der Waals surface area contributed by atoms with Crippen molar-refractivity contribution in [2.75, 3.05) is 0 Å². The SMILES string of the molecule is CC(=O)Oc1cnn(-c2cccnc2)c1. The summed E-state index contributed by atoms with van der Waals surface area (Å²) in [6.07, 6.45) is 6.46. The van der Waals surface area contributed by atoms with Gasteiger partial charge in [0.15, 0.2) is 5.75 Å². The zero-order valence-electron chi connectivity index (χ0n) is 8.12. The van der Waals surface area contributed by atoms with Crippen molar-refractivity contribution in [2.24, 2.45) is 0 Å². The number of rotatable bonds is 2. The summed E-state index contributed by atoms with van der Waals surface area (Å²) < 4.78 is 6.46. The minimum absolute atomic E-state index is 0.360. The topological polar surface area (TPSA) is 57.0 Å². The molecule has 0 aliphatic heterocycles. The first-order valence-electron chi connectivity index (χ1n) is 4.39. The molecule has 0 amide bonds. The lowest BCUT2D eigenvalue weighted by Crippen LogP contribution is -2.00. The quantitative estimate of drug-likeness (QED) is 0.688. The Morgan fingerprint density at radius 3 is 3.00 bits per heavy atom. The molecule has 0 aliphatic carbocycles. The maximum absolute atomic E-state index is 10.7. The Hall–Kier alpha value is -2.17. The molecule has 2 aromatic heterocycles. The van der Waals surface area contributed by atoms with Gasteiger partial charge in [-0.25, -0.2) is 4.68 Å². The third-order valence-corrected chi connectivity index (χ3v) is 1.73. The summed E-state index contributed by atoms with van der Waals surface area (Å²) in [6.45, 7) is 1.35. The van der Waals surface area contributed by atoms with Gasteiger partial charge in [-0.15, -0.1) is 0 Å². The van der Waals surface area contributed by atoms with Crippen LogP contribution in [0.3, 0.4) is 0 Å². The molecule has 5 heteroatoms. The molecule has 0 atom stereocenters. The van der Waals surface area contributed by atoms with E-state index in [-0.39, 0.29) is 5.97 Å². The number of esters is 1. The highest BCUT2D eigenvalue weighted by molar-refractivity contribution is 5.69. The smallest absolute Gasteiger partial charge is 0.308 e. The molecule has 2 aromatic rings. The van der Waals surface area contributed by atoms with Gasteiger partial charge >= 0.3 is 5.97 Å². The van der Waals surface area contributed by atoms with Gasteiger partial charge in [0, 0.05) is 13.1 Å². The molecule has 0 fully saturated rings. The van der Waals surface area contributed by atoms with Crippen molar-refractivity contribution in [1.29, 1.82) is 0 Å². The summed E-state index contributed by atoms with van der Waals surface area (Å²) in [7, 11) is 0. The lowest BCUT2D eigenvalue weighted by Gasteiger charge is -1.98. The van der Waals surface area contributed by atoms with Crippen LogP contribution >= 0.6 is 0 Å². The Morgan fingerprint density at radius 2 is 2.33 bits per heavy atom. The number of pyridine rings is 1. The summed E-state index contributed by atoms with van der Waals surface area (Å²) in [4.78, 5) is 14.6. The predicted molar refractivity (Wildman–Crippen MR) is 52.7 cm³/mol. The van der Waals surface area contributed by atoms with Crippen molar-refractivity contribution in [3.8, 4) is 11.4 Å². The van der Waals surface area contributed by atoms with Crippen LogP contribution in [0.1, 0.15) is 6.92 Å². The van der Waals surface area contributed by atoms with Crippen LogP contribution < -0.4 is 4.74 Å². The van der Waals surface area contributed by atoms with Gasteiger partial charge in [-0.1, -0.05) is 0 Å². The molecule has 0 aliphatic rings. The van der Waals surface area contributed by atoms with Gasteiger partial charge in [0.1, 0.15) is 0 Å². The highest BCUT2D eigenvalue weighted by Gasteiger charge is 2.03. The fourth-order valence-corrected chi connectivity index (χ4v) is 1.16. The van der Waals surface area contributed by atoms with Gasteiger partial charge in [0.05, 0.1) is 24.3 Å². The van der Waals surface area contributed by atoms with Crippen LogP contribution in [-0.2, 0) is 4.79 Å². The predicted octanol–water partition coefficient (Wildman–Crippen LogP) is 1.19. The zero-order valence-corrected chi connectivity index (χ0v) is 8.12. The molecule has 5 nitrogen and oxygen atoms in total. The maximum Gasteiger partial charge on any atom is 0.308 e. The minimum Gasteiger partial charge on any atom is -0.423 e. The summed E-state index contributed by atoms with van der Waals surface area (Å²) in [5.41, 5.74) is 0.816. The van der Waals surface area contributed by atoms with Gasteiger partial charge < -0.3 is 4.74 Å². The van der Waals surface area contributed by atoms with Crippen LogP contribution in [0.4, 0.5) is 0 Å². The molecule has 0 N–H and O–H groups in total. The van der Waals surface area contributed by atoms with Crippen LogP contribution in [0.25, 0.3) is 5.69 Å². The lowest BCUT2D eigenvalue weighted by atomic mass is 10.4. The van der Waals surface area contributed by atoms with Crippen LogP contribution in [0, 0.1) is 0 Å². The number of aromatic nitrogens is 3. The summed E-state index contributed by atoms with van der Waals surface area (Å²) in [5, 5.41) is 4.04. The number of carbonyl (C=O) groups is 1. The highest BCUT2D eigenvalue weighted by Crippen LogP contribution is 2.12. The van der Waals surface area contributed by atoms with Crippen LogP contribution in [-0.4, -0.2) is 20.7 Å². The van der Waals surface area contributed by atoms with E-state index < -0.39 is 0 Å². The highest BCUT2D eigenvalue weighted by atomic mass is 16.5. The molecule has 0 saturated heterocycles. The lowest BCUT2D eigenvalue weighted by molar-refractivity contribution is -0.131. The molecule has 2 heterocycles. The van der Waals surface area contributed by atoms with E-state index in [1.54, 1.807) is 23.3 Å². The van der Waals surface area contributed by atoms with Crippen LogP contribution in [0.15, 0.2) is 36.9 Å².